The molecule has 60 valence electrons. The number of aromatic nitrogens is 2. The molecule has 0 aliphatic heterocycles. The van der Waals surface area contributed by atoms with E-state index in [1.165, 1.54) is 11.3 Å². The van der Waals surface area contributed by atoms with Gasteiger partial charge in [0.25, 0.3) is 0 Å². The highest BCUT2D eigenvalue weighted by Crippen LogP contribution is 2.25. The molecule has 2 N–H and O–H groups in total. The highest BCUT2D eigenvalue weighted by Gasteiger charge is 2.03. The Morgan fingerprint density at radius 1 is 1.42 bits per heavy atom. The zero-order chi connectivity index (χ0) is 8.39. The van der Waals surface area contributed by atoms with Gasteiger partial charge in [-0.1, -0.05) is 0 Å². The first-order chi connectivity index (χ1) is 5.88. The molecule has 0 saturated carbocycles. The van der Waals surface area contributed by atoms with E-state index in [2.05, 4.69) is 9.97 Å². The average Bonchev–Trinajstić information content (AvgIpc) is 2.57. The summed E-state index contributed by atoms with van der Waals surface area (Å²) in [5.41, 5.74) is 9.01. The van der Waals surface area contributed by atoms with Crippen LogP contribution in [-0.2, 0) is 0 Å². The number of hydrogen-bond acceptors (Lipinski definition) is 4. The molecule has 0 aliphatic rings. The summed E-state index contributed by atoms with van der Waals surface area (Å²) in [4.78, 5) is 9.14. The van der Waals surface area contributed by atoms with Crippen molar-refractivity contribution in [2.24, 2.45) is 0 Å². The Labute approximate surface area is 73.9 Å². The number of nitrogens with zero attached hydrogens (tertiary/aromatic N) is 2. The van der Waals surface area contributed by atoms with E-state index in [4.69, 9.17) is 5.73 Å². The van der Waals surface area contributed by atoms with Gasteiger partial charge in [-0.25, -0.2) is 0 Å². The molecule has 0 fully saturated rings. The number of nitrogens with two attached hydrogens (primary N) is 1. The van der Waals surface area contributed by atoms with Crippen molar-refractivity contribution < 1.29 is 0 Å². The summed E-state index contributed by atoms with van der Waals surface area (Å²) in [5.74, 6) is 0. The van der Waals surface area contributed by atoms with E-state index in [-0.39, 0.29) is 0 Å². The maximum Gasteiger partial charge on any atom is 0.105 e. The van der Waals surface area contributed by atoms with Gasteiger partial charge in [0.05, 0.1) is 16.1 Å². The summed E-state index contributed by atoms with van der Waals surface area (Å²) in [7, 11) is 0. The largest absolute Gasteiger partial charge is 0.397 e. The Morgan fingerprint density at radius 2 is 2.33 bits per heavy atom. The van der Waals surface area contributed by atoms with E-state index in [1.807, 2.05) is 12.1 Å². The van der Waals surface area contributed by atoms with Crippen LogP contribution in [0.25, 0.3) is 10.6 Å². The van der Waals surface area contributed by atoms with Crippen LogP contribution in [0.1, 0.15) is 0 Å². The molecular formula is C8H7N3S. The van der Waals surface area contributed by atoms with Crippen LogP contribution in [0.15, 0.2) is 30.0 Å². The molecule has 0 atom stereocenters. The number of pyridine rings is 1. The smallest absolute Gasteiger partial charge is 0.105 e. The molecule has 2 aromatic rings. The third-order valence-electron chi connectivity index (χ3n) is 1.50. The summed E-state index contributed by atoms with van der Waals surface area (Å²) in [6, 6.07) is 3.65. The molecular weight excluding hydrogens is 170 g/mol. The van der Waals surface area contributed by atoms with E-state index in [9.17, 15) is 0 Å². The van der Waals surface area contributed by atoms with Gasteiger partial charge >= 0.3 is 0 Å². The summed E-state index contributed by atoms with van der Waals surface area (Å²) >= 11 is 1.54. The number of anilines is 1. The first-order valence-corrected chi connectivity index (χ1v) is 4.35. The second-order valence-corrected chi connectivity index (χ2v) is 3.19. The van der Waals surface area contributed by atoms with E-state index >= 15 is 0 Å². The minimum Gasteiger partial charge on any atom is -0.397 e. The van der Waals surface area contributed by atoms with Crippen molar-refractivity contribution in [3.05, 3.63) is 30.0 Å². The molecule has 0 spiro atoms. The minimum absolute atomic E-state index is 0.696. The van der Waals surface area contributed by atoms with Crippen LogP contribution in [0.3, 0.4) is 0 Å². The van der Waals surface area contributed by atoms with Crippen molar-refractivity contribution in [3.63, 3.8) is 0 Å². The third-order valence-corrected chi connectivity index (χ3v) is 2.28. The van der Waals surface area contributed by atoms with Crippen LogP contribution in [0.5, 0.6) is 0 Å². The van der Waals surface area contributed by atoms with Gasteiger partial charge in [0, 0.05) is 12.4 Å². The van der Waals surface area contributed by atoms with E-state index < -0.39 is 0 Å². The molecule has 0 bridgehead atoms. The molecule has 3 nitrogen and oxygen atoms in total. The molecule has 2 rings (SSSR count). The van der Waals surface area contributed by atoms with Gasteiger partial charge in [-0.15, -0.1) is 11.3 Å². The third kappa shape index (κ3) is 1.16. The molecule has 0 saturated heterocycles. The quantitative estimate of drug-likeness (QED) is 0.722. The lowest BCUT2D eigenvalue weighted by molar-refractivity contribution is 1.33. The van der Waals surface area contributed by atoms with Crippen molar-refractivity contribution in [2.75, 3.05) is 5.73 Å². The van der Waals surface area contributed by atoms with Gasteiger partial charge in [0.1, 0.15) is 5.69 Å². The molecule has 12 heavy (non-hydrogen) atoms. The van der Waals surface area contributed by atoms with Crippen LogP contribution in [-0.4, -0.2) is 9.97 Å². The average molecular weight is 177 g/mol. The van der Waals surface area contributed by atoms with Crippen molar-refractivity contribution in [2.45, 2.75) is 0 Å². The Balaban J connectivity index is 2.55. The van der Waals surface area contributed by atoms with Gasteiger partial charge in [0.15, 0.2) is 0 Å². The maximum absolute atomic E-state index is 5.73. The Kier molecular flexibility index (Phi) is 1.75. The van der Waals surface area contributed by atoms with E-state index in [0.29, 0.717) is 5.69 Å². The van der Waals surface area contributed by atoms with Crippen LogP contribution in [0, 0.1) is 0 Å². The van der Waals surface area contributed by atoms with Crippen LogP contribution < -0.4 is 5.73 Å². The number of nitrogen functional groups attached to an aromatic ring is 1. The summed E-state index contributed by atoms with van der Waals surface area (Å²) in [5, 5.41) is 0. The van der Waals surface area contributed by atoms with Crippen LogP contribution >= 0.6 is 11.3 Å². The highest BCUT2D eigenvalue weighted by molar-refractivity contribution is 7.13. The second kappa shape index (κ2) is 2.91. The standard InChI is InChI=1S/C8H7N3S/c9-6-2-1-3-11-8(6)7-4-10-5-12-7/h1-5H,9H2. The van der Waals surface area contributed by atoms with Gasteiger partial charge in [0.2, 0.25) is 0 Å². The van der Waals surface area contributed by atoms with E-state index in [0.717, 1.165) is 10.6 Å². The zero-order valence-corrected chi connectivity index (χ0v) is 7.08. The minimum atomic E-state index is 0.696. The lowest BCUT2D eigenvalue weighted by atomic mass is 10.3. The molecule has 2 heterocycles. The zero-order valence-electron chi connectivity index (χ0n) is 6.27. The summed E-state index contributed by atoms with van der Waals surface area (Å²) < 4.78 is 0. The first-order valence-electron chi connectivity index (χ1n) is 3.47. The van der Waals surface area contributed by atoms with Gasteiger partial charge in [-0.05, 0) is 12.1 Å². The maximum atomic E-state index is 5.73. The number of hydrogen-bond donors (Lipinski definition) is 1. The van der Waals surface area contributed by atoms with Gasteiger partial charge in [-0.3, -0.25) is 9.97 Å². The van der Waals surface area contributed by atoms with Gasteiger partial charge in [-0.2, -0.15) is 0 Å². The van der Waals surface area contributed by atoms with Crippen molar-refractivity contribution >= 4 is 17.0 Å². The summed E-state index contributed by atoms with van der Waals surface area (Å²) in [6.45, 7) is 0. The fraction of sp³-hybridized carbons (Fsp3) is 0. The number of rotatable bonds is 1. The number of thiazole rings is 1. The fourth-order valence-electron chi connectivity index (χ4n) is 0.956. The molecule has 0 aromatic carbocycles. The molecule has 0 amide bonds. The predicted octanol–water partition coefficient (Wildman–Crippen LogP) is 1.79. The van der Waals surface area contributed by atoms with Crippen molar-refractivity contribution in [3.8, 4) is 10.6 Å². The SMILES string of the molecule is Nc1cccnc1-c1cncs1. The highest BCUT2D eigenvalue weighted by atomic mass is 32.1. The second-order valence-electron chi connectivity index (χ2n) is 2.31. The van der Waals surface area contributed by atoms with Gasteiger partial charge < -0.3 is 5.73 Å². The Hall–Kier alpha value is -1.42. The monoisotopic (exact) mass is 177 g/mol. The lowest BCUT2D eigenvalue weighted by Crippen LogP contribution is -1.90. The fourth-order valence-corrected chi connectivity index (χ4v) is 1.60. The summed E-state index contributed by atoms with van der Waals surface area (Å²) in [6.07, 6.45) is 3.49. The van der Waals surface area contributed by atoms with Crippen molar-refractivity contribution in [1.29, 1.82) is 0 Å². The van der Waals surface area contributed by atoms with Crippen LogP contribution in [0.2, 0.25) is 0 Å². The molecule has 0 aliphatic carbocycles. The molecule has 2 aromatic heterocycles. The van der Waals surface area contributed by atoms with Crippen molar-refractivity contribution in [1.82, 2.24) is 9.97 Å². The predicted molar refractivity (Wildman–Crippen MR) is 49.8 cm³/mol. The first kappa shape index (κ1) is 7.24. The molecule has 4 heteroatoms. The Bertz CT molecular complexity index is 370. The lowest BCUT2D eigenvalue weighted by Gasteiger charge is -1.98. The molecule has 0 radical (unpaired) electrons. The normalized spacial score (nSPS) is 10.0. The van der Waals surface area contributed by atoms with E-state index in [1.54, 1.807) is 17.9 Å². The molecule has 0 unspecified atom stereocenters. The van der Waals surface area contributed by atoms with Crippen LogP contribution in [0.4, 0.5) is 5.69 Å². The Morgan fingerprint density at radius 3 is 3.00 bits per heavy atom. The topological polar surface area (TPSA) is 51.8 Å².